The number of hydrogen-bond acceptors (Lipinski definition) is 2. The molecule has 0 saturated carbocycles. The summed E-state index contributed by atoms with van der Waals surface area (Å²) in [4.78, 5) is 13.9. The van der Waals surface area contributed by atoms with Crippen LogP contribution in [-0.2, 0) is 4.79 Å². The van der Waals surface area contributed by atoms with Gasteiger partial charge in [-0.25, -0.2) is 0 Å². The Balaban J connectivity index is 2.66. The molecule has 2 N–H and O–H groups in total. The zero-order valence-corrected chi connectivity index (χ0v) is 12.7. The van der Waals surface area contributed by atoms with Gasteiger partial charge in [0.05, 0.1) is 0 Å². The summed E-state index contributed by atoms with van der Waals surface area (Å²) in [5.41, 5.74) is 8.27. The largest absolute Gasteiger partial charge is 0.327 e. The lowest BCUT2D eigenvalue weighted by Gasteiger charge is -2.25. The summed E-state index contributed by atoms with van der Waals surface area (Å²) < 4.78 is 0. The predicted molar refractivity (Wildman–Crippen MR) is 81.3 cm³/mol. The van der Waals surface area contributed by atoms with E-state index in [1.807, 2.05) is 38.2 Å². The van der Waals surface area contributed by atoms with Crippen molar-refractivity contribution in [1.29, 1.82) is 0 Å². The second-order valence-electron chi connectivity index (χ2n) is 6.47. The number of carbonyl (C=O) groups excluding carboxylic acids is 1. The molecule has 0 aliphatic heterocycles. The SMILES string of the molecule is Cc1ccccc1N(C)C(=O)CC(N)CC(C)(C)C. The van der Waals surface area contributed by atoms with Gasteiger partial charge in [-0.05, 0) is 30.4 Å². The first kappa shape index (κ1) is 15.7. The van der Waals surface area contributed by atoms with Crippen LogP contribution in [0.5, 0.6) is 0 Å². The van der Waals surface area contributed by atoms with E-state index in [2.05, 4.69) is 20.8 Å². The van der Waals surface area contributed by atoms with Gasteiger partial charge in [0.1, 0.15) is 0 Å². The third-order valence-electron chi connectivity index (χ3n) is 3.16. The minimum Gasteiger partial charge on any atom is -0.327 e. The highest BCUT2D eigenvalue weighted by atomic mass is 16.2. The van der Waals surface area contributed by atoms with Crippen molar-refractivity contribution < 1.29 is 4.79 Å². The lowest BCUT2D eigenvalue weighted by molar-refractivity contribution is -0.118. The van der Waals surface area contributed by atoms with Crippen molar-refractivity contribution in [2.75, 3.05) is 11.9 Å². The van der Waals surface area contributed by atoms with Gasteiger partial charge in [-0.3, -0.25) is 4.79 Å². The summed E-state index contributed by atoms with van der Waals surface area (Å²) in [5, 5.41) is 0. The summed E-state index contributed by atoms with van der Waals surface area (Å²) in [6.45, 7) is 8.43. The maximum absolute atomic E-state index is 12.2. The summed E-state index contributed by atoms with van der Waals surface area (Å²) in [7, 11) is 1.81. The zero-order chi connectivity index (χ0) is 14.6. The van der Waals surface area contributed by atoms with E-state index < -0.39 is 0 Å². The maximum Gasteiger partial charge on any atom is 0.228 e. The molecule has 19 heavy (non-hydrogen) atoms. The molecular formula is C16H26N2O. The van der Waals surface area contributed by atoms with Crippen LogP contribution in [0.25, 0.3) is 0 Å². The molecule has 0 spiro atoms. The van der Waals surface area contributed by atoms with Crippen molar-refractivity contribution in [2.45, 2.75) is 46.6 Å². The van der Waals surface area contributed by atoms with Gasteiger partial charge >= 0.3 is 0 Å². The average Bonchev–Trinajstić information content (AvgIpc) is 2.26. The Morgan fingerprint density at radius 2 is 1.89 bits per heavy atom. The van der Waals surface area contributed by atoms with E-state index in [1.165, 1.54) is 0 Å². The Labute approximate surface area is 116 Å². The Morgan fingerprint density at radius 3 is 2.42 bits per heavy atom. The first-order valence-corrected chi connectivity index (χ1v) is 6.78. The van der Waals surface area contributed by atoms with Gasteiger partial charge in [0, 0.05) is 25.2 Å². The standard InChI is InChI=1S/C16H26N2O/c1-12-8-6-7-9-14(12)18(5)15(19)10-13(17)11-16(2,3)4/h6-9,13H,10-11,17H2,1-5H3. The average molecular weight is 262 g/mol. The van der Waals surface area contributed by atoms with Gasteiger partial charge in [-0.15, -0.1) is 0 Å². The van der Waals surface area contributed by atoms with Crippen molar-refractivity contribution in [1.82, 2.24) is 0 Å². The minimum absolute atomic E-state index is 0.0750. The van der Waals surface area contributed by atoms with Gasteiger partial charge < -0.3 is 10.6 Å². The third kappa shape index (κ3) is 5.03. The fourth-order valence-corrected chi connectivity index (χ4v) is 2.29. The molecule has 1 aromatic rings. The van der Waals surface area contributed by atoms with Crippen LogP contribution in [0.15, 0.2) is 24.3 Å². The second-order valence-corrected chi connectivity index (χ2v) is 6.47. The van der Waals surface area contributed by atoms with E-state index in [0.717, 1.165) is 17.7 Å². The molecule has 0 heterocycles. The van der Waals surface area contributed by atoms with Crippen LogP contribution in [0.2, 0.25) is 0 Å². The summed E-state index contributed by atoms with van der Waals surface area (Å²) in [5.74, 6) is 0.0750. The highest BCUT2D eigenvalue weighted by Gasteiger charge is 2.20. The Kier molecular flexibility index (Phi) is 5.12. The van der Waals surface area contributed by atoms with Crippen LogP contribution in [0.3, 0.4) is 0 Å². The molecule has 1 unspecified atom stereocenters. The molecule has 0 fully saturated rings. The van der Waals surface area contributed by atoms with E-state index in [9.17, 15) is 4.79 Å². The molecule has 3 nitrogen and oxygen atoms in total. The highest BCUT2D eigenvalue weighted by molar-refractivity contribution is 5.93. The van der Waals surface area contributed by atoms with Crippen LogP contribution in [0.1, 0.15) is 39.2 Å². The maximum atomic E-state index is 12.2. The molecule has 106 valence electrons. The summed E-state index contributed by atoms with van der Waals surface area (Å²) in [6.07, 6.45) is 1.24. The quantitative estimate of drug-likeness (QED) is 0.906. The Morgan fingerprint density at radius 1 is 1.32 bits per heavy atom. The van der Waals surface area contributed by atoms with Gasteiger partial charge in [0.15, 0.2) is 0 Å². The monoisotopic (exact) mass is 262 g/mol. The molecule has 0 bridgehead atoms. The minimum atomic E-state index is -0.0843. The lowest BCUT2D eigenvalue weighted by Crippen LogP contribution is -2.35. The number of aryl methyl sites for hydroxylation is 1. The van der Waals surface area contributed by atoms with Crippen molar-refractivity contribution >= 4 is 11.6 Å². The number of carbonyl (C=O) groups is 1. The van der Waals surface area contributed by atoms with Crippen LogP contribution in [0.4, 0.5) is 5.69 Å². The van der Waals surface area contributed by atoms with E-state index in [0.29, 0.717) is 6.42 Å². The number of hydrogen-bond donors (Lipinski definition) is 1. The van der Waals surface area contributed by atoms with Crippen molar-refractivity contribution in [3.63, 3.8) is 0 Å². The van der Waals surface area contributed by atoms with E-state index in [4.69, 9.17) is 5.73 Å². The smallest absolute Gasteiger partial charge is 0.228 e. The molecule has 3 heteroatoms. The first-order chi connectivity index (χ1) is 8.70. The van der Waals surface area contributed by atoms with Gasteiger partial charge in [-0.1, -0.05) is 39.0 Å². The van der Waals surface area contributed by atoms with Crippen molar-refractivity contribution in [3.8, 4) is 0 Å². The Bertz CT molecular complexity index is 435. The number of rotatable bonds is 4. The number of amides is 1. The molecule has 0 aliphatic carbocycles. The molecule has 1 atom stereocenters. The van der Waals surface area contributed by atoms with E-state index in [-0.39, 0.29) is 17.4 Å². The van der Waals surface area contributed by atoms with E-state index >= 15 is 0 Å². The van der Waals surface area contributed by atoms with E-state index in [1.54, 1.807) is 4.90 Å². The lowest BCUT2D eigenvalue weighted by atomic mass is 9.87. The van der Waals surface area contributed by atoms with Gasteiger partial charge in [0.2, 0.25) is 5.91 Å². The van der Waals surface area contributed by atoms with Crippen molar-refractivity contribution in [2.24, 2.45) is 11.1 Å². The fraction of sp³-hybridized carbons (Fsp3) is 0.562. The van der Waals surface area contributed by atoms with Crippen LogP contribution < -0.4 is 10.6 Å². The third-order valence-corrected chi connectivity index (χ3v) is 3.16. The van der Waals surface area contributed by atoms with Crippen LogP contribution in [-0.4, -0.2) is 19.0 Å². The molecule has 1 amide bonds. The molecule has 0 saturated heterocycles. The number of benzene rings is 1. The number of nitrogens with two attached hydrogens (primary N) is 1. The van der Waals surface area contributed by atoms with Gasteiger partial charge in [0.25, 0.3) is 0 Å². The topological polar surface area (TPSA) is 46.3 Å². The fourth-order valence-electron chi connectivity index (χ4n) is 2.29. The molecule has 0 aliphatic rings. The first-order valence-electron chi connectivity index (χ1n) is 6.78. The van der Waals surface area contributed by atoms with Gasteiger partial charge in [-0.2, -0.15) is 0 Å². The molecule has 1 rings (SSSR count). The second kappa shape index (κ2) is 6.20. The van der Waals surface area contributed by atoms with Crippen LogP contribution >= 0.6 is 0 Å². The zero-order valence-electron chi connectivity index (χ0n) is 12.7. The molecular weight excluding hydrogens is 236 g/mol. The molecule has 0 aromatic heterocycles. The summed E-state index contributed by atoms with van der Waals surface area (Å²) in [6, 6.07) is 7.80. The van der Waals surface area contributed by atoms with Crippen molar-refractivity contribution in [3.05, 3.63) is 29.8 Å². The van der Waals surface area contributed by atoms with Crippen LogP contribution in [0, 0.1) is 12.3 Å². The number of para-hydroxylation sites is 1. The molecule has 1 aromatic carbocycles. The highest BCUT2D eigenvalue weighted by Crippen LogP contribution is 2.23. The Hall–Kier alpha value is -1.35. The number of nitrogens with zero attached hydrogens (tertiary/aromatic N) is 1. The predicted octanol–water partition coefficient (Wildman–Crippen LogP) is 3.11. The summed E-state index contributed by atoms with van der Waals surface area (Å²) >= 11 is 0. The molecule has 0 radical (unpaired) electrons. The number of anilines is 1. The normalized spacial score (nSPS) is 13.2.